The molecule has 1 aliphatic rings. The first kappa shape index (κ1) is 15.0. The van der Waals surface area contributed by atoms with Gasteiger partial charge in [0.15, 0.2) is 0 Å². The normalized spacial score (nSPS) is 11.9. The standard InChI is InChI=1S/C23H18N2O/c1-15-6-9-22(26-15)17-10-11-24-23(14-17)25-19-7-8-21-18(13-19)12-16-4-2-3-5-20(16)21/h2-11,13-14H,12H2,1H3,(H,24,25). The maximum atomic E-state index is 5.72. The average molecular weight is 338 g/mol. The van der Waals surface area contributed by atoms with E-state index < -0.39 is 0 Å². The van der Waals surface area contributed by atoms with Crippen molar-refractivity contribution < 1.29 is 4.42 Å². The van der Waals surface area contributed by atoms with Crippen molar-refractivity contribution in [2.45, 2.75) is 13.3 Å². The molecule has 0 unspecified atom stereocenters. The molecule has 0 fully saturated rings. The summed E-state index contributed by atoms with van der Waals surface area (Å²) in [6.45, 7) is 1.95. The number of hydrogen-bond donors (Lipinski definition) is 1. The Bertz CT molecular complexity index is 1110. The minimum atomic E-state index is 0.812. The number of furan rings is 1. The molecule has 0 saturated heterocycles. The monoisotopic (exact) mass is 338 g/mol. The topological polar surface area (TPSA) is 38.1 Å². The highest BCUT2D eigenvalue weighted by molar-refractivity contribution is 5.79. The van der Waals surface area contributed by atoms with E-state index in [0.29, 0.717) is 0 Å². The van der Waals surface area contributed by atoms with E-state index in [1.165, 1.54) is 22.3 Å². The lowest BCUT2D eigenvalue weighted by atomic mass is 10.1. The number of anilines is 2. The molecule has 126 valence electrons. The number of pyridine rings is 1. The van der Waals surface area contributed by atoms with Gasteiger partial charge >= 0.3 is 0 Å². The summed E-state index contributed by atoms with van der Waals surface area (Å²) in [6.07, 6.45) is 2.79. The number of benzene rings is 2. The van der Waals surface area contributed by atoms with E-state index in [2.05, 4.69) is 52.8 Å². The Balaban J connectivity index is 1.43. The molecule has 1 aliphatic carbocycles. The third-order valence-corrected chi connectivity index (χ3v) is 4.85. The van der Waals surface area contributed by atoms with Gasteiger partial charge < -0.3 is 9.73 Å². The number of rotatable bonds is 3. The summed E-state index contributed by atoms with van der Waals surface area (Å²) in [5.74, 6) is 2.58. The maximum Gasteiger partial charge on any atom is 0.134 e. The molecule has 0 spiro atoms. The average Bonchev–Trinajstić information content (AvgIpc) is 3.25. The Morgan fingerprint density at radius 1 is 0.885 bits per heavy atom. The highest BCUT2D eigenvalue weighted by Gasteiger charge is 2.17. The zero-order valence-electron chi connectivity index (χ0n) is 14.5. The highest BCUT2D eigenvalue weighted by Crippen LogP contribution is 2.38. The van der Waals surface area contributed by atoms with Crippen LogP contribution < -0.4 is 5.32 Å². The van der Waals surface area contributed by atoms with Crippen LogP contribution in [0.4, 0.5) is 11.5 Å². The second kappa shape index (κ2) is 5.88. The molecule has 26 heavy (non-hydrogen) atoms. The molecule has 2 heterocycles. The van der Waals surface area contributed by atoms with Gasteiger partial charge in [0.25, 0.3) is 0 Å². The molecule has 0 radical (unpaired) electrons. The van der Waals surface area contributed by atoms with Gasteiger partial charge in [-0.15, -0.1) is 0 Å². The lowest BCUT2D eigenvalue weighted by Crippen LogP contribution is -1.94. The Hall–Kier alpha value is -3.33. The van der Waals surface area contributed by atoms with Gasteiger partial charge in [-0.2, -0.15) is 0 Å². The van der Waals surface area contributed by atoms with Crippen LogP contribution in [-0.4, -0.2) is 4.98 Å². The number of fused-ring (bicyclic) bond motifs is 3. The number of nitrogens with one attached hydrogen (secondary N) is 1. The van der Waals surface area contributed by atoms with Crippen molar-refractivity contribution in [2.75, 3.05) is 5.32 Å². The predicted octanol–water partition coefficient (Wildman–Crippen LogP) is 5.96. The van der Waals surface area contributed by atoms with Crippen molar-refractivity contribution in [3.63, 3.8) is 0 Å². The maximum absolute atomic E-state index is 5.72. The summed E-state index contributed by atoms with van der Waals surface area (Å²) in [5.41, 5.74) is 7.50. The van der Waals surface area contributed by atoms with Crippen molar-refractivity contribution in [2.24, 2.45) is 0 Å². The largest absolute Gasteiger partial charge is 0.461 e. The van der Waals surface area contributed by atoms with E-state index in [-0.39, 0.29) is 0 Å². The summed E-state index contributed by atoms with van der Waals surface area (Å²) < 4.78 is 5.72. The molecule has 3 nitrogen and oxygen atoms in total. The molecule has 2 aromatic heterocycles. The fraction of sp³-hybridized carbons (Fsp3) is 0.0870. The van der Waals surface area contributed by atoms with E-state index in [0.717, 1.165) is 35.0 Å². The Morgan fingerprint density at radius 2 is 1.77 bits per heavy atom. The second-order valence-electron chi connectivity index (χ2n) is 6.67. The van der Waals surface area contributed by atoms with E-state index >= 15 is 0 Å². The molecule has 5 rings (SSSR count). The van der Waals surface area contributed by atoms with Gasteiger partial charge in [0.2, 0.25) is 0 Å². The third-order valence-electron chi connectivity index (χ3n) is 4.85. The van der Waals surface area contributed by atoms with Gasteiger partial charge in [-0.1, -0.05) is 30.3 Å². The fourth-order valence-corrected chi connectivity index (χ4v) is 3.61. The van der Waals surface area contributed by atoms with Crippen LogP contribution in [0.5, 0.6) is 0 Å². The summed E-state index contributed by atoms with van der Waals surface area (Å²) in [7, 11) is 0. The molecule has 1 N–H and O–H groups in total. The quantitative estimate of drug-likeness (QED) is 0.441. The summed E-state index contributed by atoms with van der Waals surface area (Å²) in [5, 5.41) is 3.42. The first-order valence-electron chi connectivity index (χ1n) is 8.77. The lowest BCUT2D eigenvalue weighted by molar-refractivity contribution is 0.548. The zero-order valence-corrected chi connectivity index (χ0v) is 14.5. The zero-order chi connectivity index (χ0) is 17.5. The SMILES string of the molecule is Cc1ccc(-c2ccnc(Nc3ccc4c(c3)Cc3ccccc3-4)c2)o1. The van der Waals surface area contributed by atoms with Gasteiger partial charge in [-0.25, -0.2) is 4.98 Å². The van der Waals surface area contributed by atoms with Crippen molar-refractivity contribution in [1.82, 2.24) is 4.98 Å². The van der Waals surface area contributed by atoms with Gasteiger partial charge in [-0.3, -0.25) is 0 Å². The van der Waals surface area contributed by atoms with Crippen molar-refractivity contribution in [3.8, 4) is 22.5 Å². The smallest absolute Gasteiger partial charge is 0.134 e. The molecular weight excluding hydrogens is 320 g/mol. The molecule has 0 bridgehead atoms. The minimum Gasteiger partial charge on any atom is -0.461 e. The Labute approximate surface area is 152 Å². The van der Waals surface area contributed by atoms with E-state index in [9.17, 15) is 0 Å². The van der Waals surface area contributed by atoms with Gasteiger partial charge in [0.1, 0.15) is 17.3 Å². The van der Waals surface area contributed by atoms with Crippen LogP contribution in [0.15, 0.2) is 77.3 Å². The molecule has 3 heteroatoms. The highest BCUT2D eigenvalue weighted by atomic mass is 16.3. The number of nitrogens with zero attached hydrogens (tertiary/aromatic N) is 1. The van der Waals surface area contributed by atoms with Crippen LogP contribution in [0.25, 0.3) is 22.5 Å². The van der Waals surface area contributed by atoms with Crippen molar-refractivity contribution >= 4 is 11.5 Å². The number of hydrogen-bond acceptors (Lipinski definition) is 3. The van der Waals surface area contributed by atoms with Crippen LogP contribution in [0.2, 0.25) is 0 Å². The Kier molecular flexibility index (Phi) is 3.39. The minimum absolute atomic E-state index is 0.812. The molecule has 2 aromatic carbocycles. The van der Waals surface area contributed by atoms with Crippen LogP contribution in [0.1, 0.15) is 16.9 Å². The van der Waals surface area contributed by atoms with Crippen LogP contribution in [0, 0.1) is 6.92 Å². The van der Waals surface area contributed by atoms with Crippen LogP contribution >= 0.6 is 0 Å². The van der Waals surface area contributed by atoms with Gasteiger partial charge in [-0.05, 0) is 72.0 Å². The third kappa shape index (κ3) is 2.58. The van der Waals surface area contributed by atoms with Crippen LogP contribution in [0.3, 0.4) is 0 Å². The summed E-state index contributed by atoms with van der Waals surface area (Å²) in [4.78, 5) is 4.45. The van der Waals surface area contributed by atoms with Crippen LogP contribution in [-0.2, 0) is 6.42 Å². The molecule has 4 aromatic rings. The molecule has 0 amide bonds. The first-order valence-corrected chi connectivity index (χ1v) is 8.77. The van der Waals surface area contributed by atoms with Crippen molar-refractivity contribution in [1.29, 1.82) is 0 Å². The molecule has 0 aliphatic heterocycles. The first-order chi connectivity index (χ1) is 12.8. The summed E-state index contributed by atoms with van der Waals surface area (Å²) >= 11 is 0. The van der Waals surface area contributed by atoms with Gasteiger partial charge in [0, 0.05) is 17.4 Å². The van der Waals surface area contributed by atoms with E-state index in [1.807, 2.05) is 31.2 Å². The summed E-state index contributed by atoms with van der Waals surface area (Å²) in [6, 6.07) is 23.1. The molecule has 0 saturated carbocycles. The van der Waals surface area contributed by atoms with Crippen molar-refractivity contribution in [3.05, 3.63) is 89.8 Å². The lowest BCUT2D eigenvalue weighted by Gasteiger charge is -2.09. The van der Waals surface area contributed by atoms with Gasteiger partial charge in [0.05, 0.1) is 0 Å². The molecular formula is C23H18N2O. The predicted molar refractivity (Wildman–Crippen MR) is 105 cm³/mol. The molecule has 0 atom stereocenters. The Morgan fingerprint density at radius 3 is 2.65 bits per heavy atom. The van der Waals surface area contributed by atoms with E-state index in [1.54, 1.807) is 6.20 Å². The number of aromatic nitrogens is 1. The number of aryl methyl sites for hydroxylation is 1. The fourth-order valence-electron chi connectivity index (χ4n) is 3.61. The second-order valence-corrected chi connectivity index (χ2v) is 6.67. The van der Waals surface area contributed by atoms with E-state index in [4.69, 9.17) is 4.42 Å².